The van der Waals surface area contributed by atoms with Crippen molar-refractivity contribution in [1.29, 1.82) is 0 Å². The topological polar surface area (TPSA) is 114 Å². The van der Waals surface area contributed by atoms with Crippen molar-refractivity contribution in [2.24, 2.45) is 0 Å². The highest BCUT2D eigenvalue weighted by Crippen LogP contribution is 1.93. The lowest BCUT2D eigenvalue weighted by Crippen LogP contribution is -2.22. The Morgan fingerprint density at radius 2 is 1.05 bits per heavy atom. The third-order valence-electron chi connectivity index (χ3n) is 1.59. The van der Waals surface area contributed by atoms with Crippen LogP contribution in [0.2, 0.25) is 0 Å². The number of carbonyl (C=O) groups is 4. The predicted octanol–water partition coefficient (Wildman–Crippen LogP) is -0.431. The smallest absolute Gasteiger partial charge is 0.119 e. The first-order chi connectivity index (χ1) is 9.20. The maximum absolute atomic E-state index is 9.68. The summed E-state index contributed by atoms with van der Waals surface area (Å²) in [5, 5.41) is 19.0. The van der Waals surface area contributed by atoms with Crippen molar-refractivity contribution in [3.8, 4) is 0 Å². The molecule has 6 nitrogen and oxygen atoms in total. The number of hydrogen-bond donors (Lipinski definition) is 0. The van der Waals surface area contributed by atoms with E-state index in [-0.39, 0.29) is 11.1 Å². The monoisotopic (exact) mass is 284 g/mol. The van der Waals surface area contributed by atoms with E-state index in [2.05, 4.69) is 13.2 Å². The van der Waals surface area contributed by atoms with Gasteiger partial charge in [-0.1, -0.05) is 13.2 Å². The average molecular weight is 284 g/mol. The summed E-state index contributed by atoms with van der Waals surface area (Å²) in [6.45, 7) is 8.95. The Hall–Kier alpha value is -2.24. The molecule has 0 rings (SSSR count). The van der Waals surface area contributed by atoms with Gasteiger partial charge < -0.3 is 29.4 Å². The molecule has 0 fully saturated rings. The molecule has 6 heteroatoms. The second-order valence-electron chi connectivity index (χ2n) is 3.75. The quantitative estimate of drug-likeness (QED) is 0.356. The first-order valence-corrected chi connectivity index (χ1v) is 5.81. The zero-order valence-electron chi connectivity index (χ0n) is 11.8. The van der Waals surface area contributed by atoms with Crippen LogP contribution < -0.4 is 10.2 Å². The molecular weight excluding hydrogens is 264 g/mol. The van der Waals surface area contributed by atoms with Crippen molar-refractivity contribution in [2.75, 3.05) is 0 Å². The van der Waals surface area contributed by atoms with Crippen LogP contribution in [0.15, 0.2) is 24.3 Å². The van der Waals surface area contributed by atoms with Gasteiger partial charge in [0.2, 0.25) is 0 Å². The Balaban J connectivity index is -0.000000221. The van der Waals surface area contributed by atoms with Gasteiger partial charge in [-0.3, -0.25) is 0 Å². The summed E-state index contributed by atoms with van der Waals surface area (Å²) in [6, 6.07) is 0. The molecule has 0 heterocycles. The van der Waals surface area contributed by atoms with E-state index in [9.17, 15) is 29.4 Å². The van der Waals surface area contributed by atoms with Crippen LogP contribution in [0.1, 0.15) is 39.5 Å². The highest BCUT2D eigenvalue weighted by atomic mass is 16.4. The first-order valence-electron chi connectivity index (χ1n) is 5.81. The number of aldehydes is 2. The van der Waals surface area contributed by atoms with Crippen molar-refractivity contribution in [1.82, 2.24) is 0 Å². The van der Waals surface area contributed by atoms with Gasteiger partial charge in [0.1, 0.15) is 12.6 Å². The molecule has 0 aliphatic heterocycles. The Labute approximate surface area is 118 Å². The van der Waals surface area contributed by atoms with Gasteiger partial charge >= 0.3 is 0 Å². The third-order valence-corrected chi connectivity index (χ3v) is 1.59. The van der Waals surface area contributed by atoms with Gasteiger partial charge in [-0.15, -0.1) is 0 Å². The van der Waals surface area contributed by atoms with Crippen LogP contribution in [0.5, 0.6) is 0 Å². The maximum Gasteiger partial charge on any atom is 0.119 e. The van der Waals surface area contributed by atoms with E-state index in [1.165, 1.54) is 13.8 Å². The standard InChI is InChI=1S/C6H10O2.2C4H6O2/c7-5-3-1-2-4-6-8;2*1-3(2)4(5)6/h5-6H,1-4H2;2*1H2,2H3,(H,5,6)/p-2. The Kier molecular flexibility index (Phi) is 19.2. The van der Waals surface area contributed by atoms with E-state index in [4.69, 9.17) is 0 Å². The molecule has 114 valence electrons. The van der Waals surface area contributed by atoms with Crippen LogP contribution in [0, 0.1) is 0 Å². The zero-order chi connectivity index (χ0) is 16.6. The second kappa shape index (κ2) is 16.8. The lowest BCUT2D eigenvalue weighted by molar-refractivity contribution is -0.300. The Bertz CT molecular complexity index is 286. The second-order valence-corrected chi connectivity index (χ2v) is 3.75. The molecule has 0 atom stereocenters. The summed E-state index contributed by atoms with van der Waals surface area (Å²) in [6.07, 6.45) is 4.64. The molecule has 0 radical (unpaired) electrons. The molecule has 0 spiro atoms. The van der Waals surface area contributed by atoms with Crippen LogP contribution in [-0.4, -0.2) is 24.5 Å². The van der Waals surface area contributed by atoms with E-state index >= 15 is 0 Å². The minimum atomic E-state index is -1.19. The van der Waals surface area contributed by atoms with Crippen LogP contribution in [0.4, 0.5) is 0 Å². The van der Waals surface area contributed by atoms with Crippen LogP contribution >= 0.6 is 0 Å². The molecule has 0 aromatic heterocycles. The summed E-state index contributed by atoms with van der Waals surface area (Å²) >= 11 is 0. The summed E-state index contributed by atoms with van der Waals surface area (Å²) < 4.78 is 0. The van der Waals surface area contributed by atoms with Crippen LogP contribution in [-0.2, 0) is 19.2 Å². The SMILES string of the molecule is C=C(C)C(=O)[O-].C=C(C)C(=O)[O-].O=CCCCCC=O. The van der Waals surface area contributed by atoms with E-state index < -0.39 is 11.9 Å². The van der Waals surface area contributed by atoms with Crippen LogP contribution in [0.25, 0.3) is 0 Å². The zero-order valence-corrected chi connectivity index (χ0v) is 11.8. The number of hydrogen-bond acceptors (Lipinski definition) is 6. The number of rotatable bonds is 7. The minimum absolute atomic E-state index is 0.0648. The fraction of sp³-hybridized carbons (Fsp3) is 0.429. The van der Waals surface area contributed by atoms with Crippen molar-refractivity contribution in [3.63, 3.8) is 0 Å². The summed E-state index contributed by atoms with van der Waals surface area (Å²) in [7, 11) is 0. The van der Waals surface area contributed by atoms with Crippen LogP contribution in [0.3, 0.4) is 0 Å². The molecule has 0 aliphatic rings. The summed E-state index contributed by atoms with van der Waals surface area (Å²) in [4.78, 5) is 38.3. The maximum atomic E-state index is 9.68. The molecule has 0 unspecified atom stereocenters. The largest absolute Gasteiger partial charge is 0.545 e. The molecule has 0 amide bonds. The average Bonchev–Trinajstić information content (AvgIpc) is 2.36. The Morgan fingerprint density at radius 1 is 0.850 bits per heavy atom. The lowest BCUT2D eigenvalue weighted by Gasteiger charge is -1.93. The summed E-state index contributed by atoms with van der Waals surface area (Å²) in [5.41, 5.74) is 0.130. The van der Waals surface area contributed by atoms with E-state index in [1.807, 2.05) is 0 Å². The van der Waals surface area contributed by atoms with E-state index in [0.29, 0.717) is 12.8 Å². The van der Waals surface area contributed by atoms with Gasteiger partial charge in [-0.25, -0.2) is 0 Å². The molecule has 0 aliphatic carbocycles. The molecular formula is C14H20O6-2. The van der Waals surface area contributed by atoms with Crippen molar-refractivity contribution in [2.45, 2.75) is 39.5 Å². The van der Waals surface area contributed by atoms with Gasteiger partial charge in [-0.2, -0.15) is 0 Å². The molecule has 0 aromatic rings. The van der Waals surface area contributed by atoms with Gasteiger partial charge in [0, 0.05) is 12.8 Å². The number of aliphatic carboxylic acids is 2. The lowest BCUT2D eigenvalue weighted by atomic mass is 10.2. The van der Waals surface area contributed by atoms with Gasteiger partial charge in [0.25, 0.3) is 0 Å². The third kappa shape index (κ3) is 29.7. The molecule has 0 N–H and O–H groups in total. The highest BCUT2D eigenvalue weighted by Gasteiger charge is 1.83. The van der Waals surface area contributed by atoms with Crippen molar-refractivity contribution in [3.05, 3.63) is 24.3 Å². The van der Waals surface area contributed by atoms with Gasteiger partial charge in [-0.05, 0) is 37.8 Å². The number of carboxylic acid groups (broad SMARTS) is 2. The first kappa shape index (κ1) is 22.9. The molecule has 0 saturated carbocycles. The van der Waals surface area contributed by atoms with Gasteiger partial charge in [0.05, 0.1) is 11.9 Å². The minimum Gasteiger partial charge on any atom is -0.545 e. The molecule has 0 saturated heterocycles. The number of carboxylic acids is 2. The van der Waals surface area contributed by atoms with E-state index in [1.54, 1.807) is 0 Å². The van der Waals surface area contributed by atoms with Crippen molar-refractivity contribution >= 4 is 24.5 Å². The van der Waals surface area contributed by atoms with Crippen molar-refractivity contribution < 1.29 is 29.4 Å². The normalized spacial score (nSPS) is 7.90. The number of carbonyl (C=O) groups excluding carboxylic acids is 4. The molecule has 20 heavy (non-hydrogen) atoms. The molecule has 0 bridgehead atoms. The summed E-state index contributed by atoms with van der Waals surface area (Å²) in [5.74, 6) is -2.37. The van der Waals surface area contributed by atoms with Gasteiger partial charge in [0.15, 0.2) is 0 Å². The fourth-order valence-electron chi connectivity index (χ4n) is 0.455. The predicted molar refractivity (Wildman–Crippen MR) is 70.2 cm³/mol. The fourth-order valence-corrected chi connectivity index (χ4v) is 0.455. The Morgan fingerprint density at radius 3 is 1.15 bits per heavy atom. The van der Waals surface area contributed by atoms with E-state index in [0.717, 1.165) is 25.4 Å². The molecule has 0 aromatic carbocycles. The number of unbranched alkanes of at least 4 members (excludes halogenated alkanes) is 3. The highest BCUT2D eigenvalue weighted by molar-refractivity contribution is 5.83.